The highest BCUT2D eigenvalue weighted by molar-refractivity contribution is 5.85. The van der Waals surface area contributed by atoms with E-state index in [0.29, 0.717) is 0 Å². The third-order valence-electron chi connectivity index (χ3n) is 5.78. The average molecular weight is 369 g/mol. The van der Waals surface area contributed by atoms with Gasteiger partial charge in [-0.1, -0.05) is 24.3 Å². The second-order valence-electron chi connectivity index (χ2n) is 7.84. The molecule has 2 nitrogen and oxygen atoms in total. The van der Waals surface area contributed by atoms with Crippen LogP contribution >= 0.6 is 0 Å². The molecule has 142 valence electrons. The Bertz CT molecular complexity index is 1040. The van der Waals surface area contributed by atoms with Crippen molar-refractivity contribution in [2.75, 3.05) is 0 Å². The minimum atomic E-state index is 1.25. The Hall–Kier alpha value is -3.00. The minimum absolute atomic E-state index is 1.25. The molecular weight excluding hydrogens is 340 g/mol. The summed E-state index contributed by atoms with van der Waals surface area (Å²) in [4.78, 5) is 0. The van der Waals surface area contributed by atoms with Crippen molar-refractivity contribution >= 4 is 0 Å². The van der Waals surface area contributed by atoms with E-state index in [0.717, 1.165) is 0 Å². The van der Waals surface area contributed by atoms with Crippen molar-refractivity contribution in [1.82, 2.24) is 9.13 Å². The van der Waals surface area contributed by atoms with Crippen LogP contribution in [0.5, 0.6) is 0 Å². The summed E-state index contributed by atoms with van der Waals surface area (Å²) in [6.45, 7) is 13.2. The standard InChI is InChI=1S/C26H28N2/c1-17-9-7-11-23(27-19(3)13-14-20(27)4)25(17)26-18(2)10-8-12-24(26)28-21(5)15-16-22(28)6/h7-16H,1-6H3. The van der Waals surface area contributed by atoms with Crippen LogP contribution in [0.15, 0.2) is 60.7 Å². The highest BCUT2D eigenvalue weighted by Crippen LogP contribution is 2.38. The molecular formula is C26H28N2. The maximum absolute atomic E-state index is 2.37. The van der Waals surface area contributed by atoms with E-state index < -0.39 is 0 Å². The van der Waals surface area contributed by atoms with Crippen molar-refractivity contribution in [3.63, 3.8) is 0 Å². The first kappa shape index (κ1) is 18.4. The maximum Gasteiger partial charge on any atom is 0.0536 e. The molecule has 0 saturated carbocycles. The lowest BCUT2D eigenvalue weighted by molar-refractivity contribution is 0.953. The molecule has 0 spiro atoms. The van der Waals surface area contributed by atoms with Gasteiger partial charge in [-0.3, -0.25) is 0 Å². The summed E-state index contributed by atoms with van der Waals surface area (Å²) in [5.74, 6) is 0. The lowest BCUT2D eigenvalue weighted by Gasteiger charge is -2.23. The summed E-state index contributed by atoms with van der Waals surface area (Å²) in [7, 11) is 0. The maximum atomic E-state index is 2.37. The van der Waals surface area contributed by atoms with E-state index in [1.807, 2.05) is 0 Å². The fourth-order valence-electron chi connectivity index (χ4n) is 4.42. The van der Waals surface area contributed by atoms with E-state index in [1.54, 1.807) is 0 Å². The van der Waals surface area contributed by atoms with Crippen molar-refractivity contribution in [2.24, 2.45) is 0 Å². The van der Waals surface area contributed by atoms with Gasteiger partial charge in [0.2, 0.25) is 0 Å². The molecule has 2 aromatic carbocycles. The lowest BCUT2D eigenvalue weighted by Crippen LogP contribution is -2.07. The predicted molar refractivity (Wildman–Crippen MR) is 119 cm³/mol. The topological polar surface area (TPSA) is 9.86 Å². The summed E-state index contributed by atoms with van der Waals surface area (Å²) in [6.07, 6.45) is 0. The SMILES string of the molecule is Cc1cccc(-n2c(C)ccc2C)c1-c1c(C)cccc1-n1c(C)ccc1C. The van der Waals surface area contributed by atoms with Crippen LogP contribution in [0.4, 0.5) is 0 Å². The predicted octanol–water partition coefficient (Wildman–Crippen LogP) is 6.79. The van der Waals surface area contributed by atoms with Crippen LogP contribution in [0.2, 0.25) is 0 Å². The first-order valence-electron chi connectivity index (χ1n) is 9.90. The molecule has 2 heteroatoms. The Balaban J connectivity index is 2.11. The molecule has 0 bridgehead atoms. The number of aromatic nitrogens is 2. The zero-order chi connectivity index (χ0) is 20.0. The molecule has 2 heterocycles. The molecule has 0 unspecified atom stereocenters. The average Bonchev–Trinajstić information content (AvgIpc) is 3.16. The first-order valence-corrected chi connectivity index (χ1v) is 9.90. The Labute approximate surface area is 168 Å². The van der Waals surface area contributed by atoms with E-state index in [-0.39, 0.29) is 0 Å². The highest BCUT2D eigenvalue weighted by Gasteiger charge is 2.19. The van der Waals surface area contributed by atoms with Gasteiger partial charge in [0.15, 0.2) is 0 Å². The van der Waals surface area contributed by atoms with Gasteiger partial charge in [-0.05, 0) is 89.1 Å². The van der Waals surface area contributed by atoms with Gasteiger partial charge in [-0.25, -0.2) is 0 Å². The van der Waals surface area contributed by atoms with Crippen LogP contribution in [-0.4, -0.2) is 9.13 Å². The Morgan fingerprint density at radius 2 is 0.750 bits per heavy atom. The van der Waals surface area contributed by atoms with Crippen LogP contribution in [0.25, 0.3) is 22.5 Å². The molecule has 0 aliphatic carbocycles. The van der Waals surface area contributed by atoms with E-state index in [1.165, 1.54) is 56.4 Å². The van der Waals surface area contributed by atoms with Gasteiger partial charge >= 0.3 is 0 Å². The van der Waals surface area contributed by atoms with E-state index in [9.17, 15) is 0 Å². The second-order valence-corrected chi connectivity index (χ2v) is 7.84. The lowest BCUT2D eigenvalue weighted by atomic mass is 9.92. The largest absolute Gasteiger partial charge is 0.318 e. The van der Waals surface area contributed by atoms with E-state index in [4.69, 9.17) is 0 Å². The minimum Gasteiger partial charge on any atom is -0.318 e. The fraction of sp³-hybridized carbons (Fsp3) is 0.231. The van der Waals surface area contributed by atoms with Gasteiger partial charge in [0.25, 0.3) is 0 Å². The first-order chi connectivity index (χ1) is 13.4. The van der Waals surface area contributed by atoms with Crippen LogP contribution < -0.4 is 0 Å². The Kier molecular flexibility index (Phi) is 4.50. The van der Waals surface area contributed by atoms with Gasteiger partial charge < -0.3 is 9.13 Å². The van der Waals surface area contributed by atoms with Crippen LogP contribution in [0.1, 0.15) is 33.9 Å². The summed E-state index contributed by atoms with van der Waals surface area (Å²) in [6, 6.07) is 22.0. The molecule has 2 aromatic heterocycles. The molecule has 28 heavy (non-hydrogen) atoms. The molecule has 4 aromatic rings. The summed E-state index contributed by atoms with van der Waals surface area (Å²) < 4.78 is 4.74. The molecule has 0 aliphatic heterocycles. The van der Waals surface area contributed by atoms with Crippen molar-refractivity contribution in [2.45, 2.75) is 41.5 Å². The monoisotopic (exact) mass is 368 g/mol. The molecule has 0 atom stereocenters. The number of aryl methyl sites for hydroxylation is 6. The molecule has 0 radical (unpaired) electrons. The van der Waals surface area contributed by atoms with Crippen LogP contribution in [0, 0.1) is 41.5 Å². The zero-order valence-corrected chi connectivity index (χ0v) is 17.7. The van der Waals surface area contributed by atoms with Crippen LogP contribution in [-0.2, 0) is 0 Å². The highest BCUT2D eigenvalue weighted by atomic mass is 15.0. The summed E-state index contributed by atoms with van der Waals surface area (Å²) >= 11 is 0. The normalized spacial score (nSPS) is 11.2. The Morgan fingerprint density at radius 1 is 0.429 bits per heavy atom. The summed E-state index contributed by atoms with van der Waals surface area (Å²) in [5, 5.41) is 0. The van der Waals surface area contributed by atoms with Gasteiger partial charge in [-0.15, -0.1) is 0 Å². The third-order valence-corrected chi connectivity index (χ3v) is 5.78. The molecule has 0 N–H and O–H groups in total. The van der Waals surface area contributed by atoms with Crippen molar-refractivity contribution < 1.29 is 0 Å². The van der Waals surface area contributed by atoms with Crippen molar-refractivity contribution in [3.05, 3.63) is 94.6 Å². The van der Waals surface area contributed by atoms with Gasteiger partial charge in [0, 0.05) is 33.9 Å². The fourth-order valence-corrected chi connectivity index (χ4v) is 4.42. The third kappa shape index (κ3) is 2.80. The molecule has 0 amide bonds. The van der Waals surface area contributed by atoms with Crippen molar-refractivity contribution in [3.8, 4) is 22.5 Å². The van der Waals surface area contributed by atoms with Gasteiger partial charge in [-0.2, -0.15) is 0 Å². The summed E-state index contributed by atoms with van der Waals surface area (Å²) in [5.41, 5.74) is 12.7. The molecule has 4 rings (SSSR count). The molecule has 0 fully saturated rings. The van der Waals surface area contributed by atoms with E-state index in [2.05, 4.69) is 111 Å². The van der Waals surface area contributed by atoms with Crippen LogP contribution in [0.3, 0.4) is 0 Å². The molecule has 0 aliphatic rings. The van der Waals surface area contributed by atoms with Gasteiger partial charge in [0.1, 0.15) is 0 Å². The number of rotatable bonds is 3. The smallest absolute Gasteiger partial charge is 0.0536 e. The van der Waals surface area contributed by atoms with E-state index >= 15 is 0 Å². The number of hydrogen-bond acceptors (Lipinski definition) is 0. The number of benzene rings is 2. The molecule has 0 saturated heterocycles. The quantitative estimate of drug-likeness (QED) is 0.377. The number of hydrogen-bond donors (Lipinski definition) is 0. The number of nitrogens with zero attached hydrogens (tertiary/aromatic N) is 2. The Morgan fingerprint density at radius 3 is 1.07 bits per heavy atom. The van der Waals surface area contributed by atoms with Crippen molar-refractivity contribution in [1.29, 1.82) is 0 Å². The van der Waals surface area contributed by atoms with Gasteiger partial charge in [0.05, 0.1) is 11.4 Å². The zero-order valence-electron chi connectivity index (χ0n) is 17.7. The second kappa shape index (κ2) is 6.87.